The first-order valence-corrected chi connectivity index (χ1v) is 7.62. The second kappa shape index (κ2) is 6.55. The van der Waals surface area contributed by atoms with Crippen molar-refractivity contribution in [3.05, 3.63) is 23.8 Å². The molecule has 0 N–H and O–H groups in total. The predicted octanol–water partition coefficient (Wildman–Crippen LogP) is 2.84. The van der Waals surface area contributed by atoms with Crippen LogP contribution in [-0.2, 0) is 14.4 Å². The van der Waals surface area contributed by atoms with Gasteiger partial charge in [-0.2, -0.15) is 13.2 Å². The normalized spacial score (nSPS) is 22.6. The number of carbonyl (C=O) groups excluding carboxylic acids is 1. The Hall–Kier alpha value is -2.29. The molecule has 1 saturated heterocycles. The summed E-state index contributed by atoms with van der Waals surface area (Å²) in [5.41, 5.74) is 0.711. The molecule has 1 aromatic rings. The molecule has 2 aliphatic rings. The first-order valence-electron chi connectivity index (χ1n) is 7.62. The molecule has 1 aromatic carbocycles. The number of oxime groups is 1. The van der Waals surface area contributed by atoms with Crippen LogP contribution in [0.25, 0.3) is 0 Å². The van der Waals surface area contributed by atoms with Crippen molar-refractivity contribution in [3.63, 3.8) is 0 Å². The Kier molecular flexibility index (Phi) is 4.59. The fraction of sp³-hybridized carbons (Fsp3) is 0.500. The van der Waals surface area contributed by atoms with Crippen molar-refractivity contribution < 1.29 is 37.0 Å². The molecule has 9 heteroatoms. The van der Waals surface area contributed by atoms with Crippen molar-refractivity contribution >= 4 is 11.7 Å². The van der Waals surface area contributed by atoms with Gasteiger partial charge in [-0.1, -0.05) is 5.16 Å². The molecule has 1 fully saturated rings. The van der Waals surface area contributed by atoms with E-state index in [0.717, 1.165) is 6.92 Å². The first-order chi connectivity index (χ1) is 11.8. The maximum Gasteiger partial charge on any atom is 0.422 e. The number of halogens is 3. The predicted molar refractivity (Wildman–Crippen MR) is 79.7 cm³/mol. The van der Waals surface area contributed by atoms with Gasteiger partial charge >= 0.3 is 12.1 Å². The Bertz CT molecular complexity index is 696. The van der Waals surface area contributed by atoms with Crippen LogP contribution in [0.2, 0.25) is 0 Å². The minimum absolute atomic E-state index is 0.0967. The number of benzene rings is 1. The first kappa shape index (κ1) is 17.5. The standard InChI is InChI=1S/C16H16F3NO5/c1-10(21)24-14-6-11(2-3-13(14)23-9-16(17,18)19)12-7-15(25-20-12)4-5-22-8-15/h2-3,6H,4-5,7-9H2,1H3. The van der Waals surface area contributed by atoms with Crippen molar-refractivity contribution in [1.82, 2.24) is 0 Å². The summed E-state index contributed by atoms with van der Waals surface area (Å²) in [4.78, 5) is 16.7. The molecule has 0 saturated carbocycles. The van der Waals surface area contributed by atoms with Crippen LogP contribution < -0.4 is 9.47 Å². The van der Waals surface area contributed by atoms with Crippen molar-refractivity contribution in [3.8, 4) is 11.5 Å². The summed E-state index contributed by atoms with van der Waals surface area (Å²) in [6.45, 7) is 0.696. The van der Waals surface area contributed by atoms with Crippen LogP contribution in [0.1, 0.15) is 25.3 Å². The van der Waals surface area contributed by atoms with Gasteiger partial charge in [0.2, 0.25) is 0 Å². The summed E-state index contributed by atoms with van der Waals surface area (Å²) in [7, 11) is 0. The number of carbonyl (C=O) groups is 1. The maximum absolute atomic E-state index is 12.3. The number of alkyl halides is 3. The average molecular weight is 359 g/mol. The van der Waals surface area contributed by atoms with E-state index in [4.69, 9.17) is 19.0 Å². The lowest BCUT2D eigenvalue weighted by Gasteiger charge is -2.17. The van der Waals surface area contributed by atoms with Crippen molar-refractivity contribution in [2.45, 2.75) is 31.5 Å². The zero-order chi connectivity index (χ0) is 18.1. The third-order valence-electron chi connectivity index (χ3n) is 3.83. The molecule has 0 aromatic heterocycles. The summed E-state index contributed by atoms with van der Waals surface area (Å²) in [5, 5.41) is 4.05. The third kappa shape index (κ3) is 4.22. The second-order valence-electron chi connectivity index (χ2n) is 5.95. The molecule has 2 heterocycles. The van der Waals surface area contributed by atoms with E-state index in [0.29, 0.717) is 37.3 Å². The average Bonchev–Trinajstić information content (AvgIpc) is 3.15. The van der Waals surface area contributed by atoms with Crippen LogP contribution in [0.5, 0.6) is 11.5 Å². The van der Waals surface area contributed by atoms with Gasteiger partial charge < -0.3 is 19.0 Å². The molecule has 1 spiro atoms. The Labute approximate surface area is 141 Å². The van der Waals surface area contributed by atoms with E-state index in [2.05, 4.69) is 5.16 Å². The molecule has 0 amide bonds. The molecule has 0 radical (unpaired) electrons. The zero-order valence-corrected chi connectivity index (χ0v) is 13.4. The molecule has 1 atom stereocenters. The maximum atomic E-state index is 12.3. The molecule has 6 nitrogen and oxygen atoms in total. The number of hydrogen-bond donors (Lipinski definition) is 0. The van der Waals surface area contributed by atoms with Crippen molar-refractivity contribution in [1.29, 1.82) is 0 Å². The summed E-state index contributed by atoms with van der Waals surface area (Å²) in [6.07, 6.45) is -3.27. The zero-order valence-electron chi connectivity index (χ0n) is 13.4. The quantitative estimate of drug-likeness (QED) is 0.611. The third-order valence-corrected chi connectivity index (χ3v) is 3.83. The number of ether oxygens (including phenoxy) is 3. The lowest BCUT2D eigenvalue weighted by atomic mass is 9.93. The van der Waals surface area contributed by atoms with Gasteiger partial charge in [-0.25, -0.2) is 0 Å². The van der Waals surface area contributed by atoms with Gasteiger partial charge in [-0.15, -0.1) is 0 Å². The van der Waals surface area contributed by atoms with Crippen LogP contribution in [0, 0.1) is 0 Å². The van der Waals surface area contributed by atoms with Gasteiger partial charge in [-0.05, 0) is 18.2 Å². The van der Waals surface area contributed by atoms with Gasteiger partial charge in [-0.3, -0.25) is 4.79 Å². The fourth-order valence-electron chi connectivity index (χ4n) is 2.68. The lowest BCUT2D eigenvalue weighted by molar-refractivity contribution is -0.153. The minimum atomic E-state index is -4.50. The van der Waals surface area contributed by atoms with Gasteiger partial charge in [0.1, 0.15) is 0 Å². The Morgan fingerprint density at radius 2 is 2.16 bits per heavy atom. The molecular weight excluding hydrogens is 343 g/mol. The summed E-state index contributed by atoms with van der Waals surface area (Å²) in [5.74, 6) is -0.936. The van der Waals surface area contributed by atoms with Crippen LogP contribution in [0.3, 0.4) is 0 Å². The molecule has 136 valence electrons. The minimum Gasteiger partial charge on any atom is -0.480 e. The SMILES string of the molecule is CC(=O)Oc1cc(C2=NOC3(CCOC3)C2)ccc1OCC(F)(F)F. The van der Waals surface area contributed by atoms with E-state index in [9.17, 15) is 18.0 Å². The molecule has 0 bridgehead atoms. The highest BCUT2D eigenvalue weighted by atomic mass is 19.4. The van der Waals surface area contributed by atoms with E-state index in [-0.39, 0.29) is 11.5 Å². The van der Waals surface area contributed by atoms with Crippen LogP contribution in [0.15, 0.2) is 23.4 Å². The fourth-order valence-corrected chi connectivity index (χ4v) is 2.68. The van der Waals surface area contributed by atoms with Crippen LogP contribution >= 0.6 is 0 Å². The summed E-state index contributed by atoms with van der Waals surface area (Å²) < 4.78 is 52.1. The molecule has 0 aliphatic carbocycles. The monoisotopic (exact) mass is 359 g/mol. The second-order valence-corrected chi connectivity index (χ2v) is 5.95. The number of esters is 1. The summed E-state index contributed by atoms with van der Waals surface area (Å²) >= 11 is 0. The Morgan fingerprint density at radius 3 is 2.80 bits per heavy atom. The van der Waals surface area contributed by atoms with Crippen molar-refractivity contribution in [2.75, 3.05) is 19.8 Å². The van der Waals surface area contributed by atoms with E-state index in [1.807, 2.05) is 0 Å². The van der Waals surface area contributed by atoms with E-state index in [1.54, 1.807) is 6.07 Å². The van der Waals surface area contributed by atoms with Gasteiger partial charge in [0.15, 0.2) is 23.7 Å². The highest BCUT2D eigenvalue weighted by Gasteiger charge is 2.43. The van der Waals surface area contributed by atoms with Crippen LogP contribution in [-0.4, -0.2) is 43.3 Å². The highest BCUT2D eigenvalue weighted by molar-refractivity contribution is 6.02. The topological polar surface area (TPSA) is 66.4 Å². The van der Waals surface area contributed by atoms with Gasteiger partial charge in [0, 0.05) is 25.3 Å². The molecular formula is C16H16F3NO5. The lowest BCUT2D eigenvalue weighted by Crippen LogP contribution is -2.29. The Balaban J connectivity index is 1.80. The van der Waals surface area contributed by atoms with Gasteiger partial charge in [0.25, 0.3) is 0 Å². The molecule has 25 heavy (non-hydrogen) atoms. The van der Waals surface area contributed by atoms with E-state index in [1.165, 1.54) is 12.1 Å². The number of hydrogen-bond acceptors (Lipinski definition) is 6. The molecule has 1 unspecified atom stereocenters. The largest absolute Gasteiger partial charge is 0.480 e. The van der Waals surface area contributed by atoms with E-state index < -0.39 is 24.4 Å². The summed E-state index contributed by atoms with van der Waals surface area (Å²) in [6, 6.07) is 4.29. The number of nitrogens with zero attached hydrogens (tertiary/aromatic N) is 1. The Morgan fingerprint density at radius 1 is 1.36 bits per heavy atom. The highest BCUT2D eigenvalue weighted by Crippen LogP contribution is 2.36. The van der Waals surface area contributed by atoms with Crippen LogP contribution in [0.4, 0.5) is 13.2 Å². The van der Waals surface area contributed by atoms with E-state index >= 15 is 0 Å². The smallest absolute Gasteiger partial charge is 0.422 e. The molecule has 3 rings (SSSR count). The number of rotatable bonds is 4. The molecule has 2 aliphatic heterocycles. The van der Waals surface area contributed by atoms with Crippen molar-refractivity contribution in [2.24, 2.45) is 5.16 Å². The van der Waals surface area contributed by atoms with Gasteiger partial charge in [0.05, 0.1) is 18.9 Å².